The Labute approximate surface area is 153 Å². The van der Waals surface area contributed by atoms with E-state index in [1.165, 1.54) is 18.4 Å². The number of ether oxygens (including phenoxy) is 1. The summed E-state index contributed by atoms with van der Waals surface area (Å²) >= 11 is 0. The Hall–Kier alpha value is -2.75. The smallest absolute Gasteiger partial charge is 0.287 e. The summed E-state index contributed by atoms with van der Waals surface area (Å²) in [5.74, 6) is 1.43. The van der Waals surface area contributed by atoms with Crippen LogP contribution in [0.4, 0.5) is 0 Å². The van der Waals surface area contributed by atoms with Crippen molar-refractivity contribution in [1.29, 1.82) is 0 Å². The third-order valence-electron chi connectivity index (χ3n) is 5.16. The number of aryl methyl sites for hydroxylation is 1. The SMILES string of the molecule is COc1cccc2c(C)c(C(=O)NC(Cc3ccccc3)C3CC3)oc12. The molecule has 0 radical (unpaired) electrons. The van der Waals surface area contributed by atoms with E-state index in [-0.39, 0.29) is 11.9 Å². The first-order valence-corrected chi connectivity index (χ1v) is 9.08. The Bertz CT molecular complexity index is 925. The van der Waals surface area contributed by atoms with Crippen molar-refractivity contribution in [2.75, 3.05) is 7.11 Å². The maximum absolute atomic E-state index is 12.9. The highest BCUT2D eigenvalue weighted by atomic mass is 16.5. The number of rotatable bonds is 6. The van der Waals surface area contributed by atoms with Crippen LogP contribution in [0, 0.1) is 12.8 Å². The van der Waals surface area contributed by atoms with E-state index in [1.807, 2.05) is 43.3 Å². The number of carbonyl (C=O) groups excluding carboxylic acids is 1. The third-order valence-corrected chi connectivity index (χ3v) is 5.16. The molecule has 134 valence electrons. The molecule has 4 rings (SSSR count). The molecule has 1 saturated carbocycles. The second kappa shape index (κ2) is 6.87. The van der Waals surface area contributed by atoms with Crippen LogP contribution in [-0.2, 0) is 6.42 Å². The molecule has 1 aliphatic rings. The van der Waals surface area contributed by atoms with E-state index in [0.29, 0.717) is 23.0 Å². The lowest BCUT2D eigenvalue weighted by Crippen LogP contribution is -2.38. The molecule has 1 atom stereocenters. The Morgan fingerprint density at radius 3 is 2.65 bits per heavy atom. The lowest BCUT2D eigenvalue weighted by atomic mass is 10.0. The first-order valence-electron chi connectivity index (χ1n) is 9.08. The van der Waals surface area contributed by atoms with Crippen LogP contribution in [0.5, 0.6) is 5.75 Å². The van der Waals surface area contributed by atoms with Gasteiger partial charge < -0.3 is 14.5 Å². The van der Waals surface area contributed by atoms with Crippen LogP contribution in [0.25, 0.3) is 11.0 Å². The maximum atomic E-state index is 12.9. The summed E-state index contributed by atoms with van der Waals surface area (Å²) in [6.07, 6.45) is 3.19. The zero-order valence-corrected chi connectivity index (χ0v) is 15.1. The minimum Gasteiger partial charge on any atom is -0.493 e. The molecular formula is C22H23NO3. The number of hydrogen-bond donors (Lipinski definition) is 1. The maximum Gasteiger partial charge on any atom is 0.287 e. The van der Waals surface area contributed by atoms with Gasteiger partial charge in [-0.25, -0.2) is 0 Å². The Morgan fingerprint density at radius 1 is 1.19 bits per heavy atom. The minimum atomic E-state index is -0.145. The fourth-order valence-electron chi connectivity index (χ4n) is 3.53. The van der Waals surface area contributed by atoms with Crippen molar-refractivity contribution in [3.63, 3.8) is 0 Å². The van der Waals surface area contributed by atoms with Gasteiger partial charge in [0.1, 0.15) is 0 Å². The summed E-state index contributed by atoms with van der Waals surface area (Å²) in [4.78, 5) is 12.9. The van der Waals surface area contributed by atoms with Crippen LogP contribution >= 0.6 is 0 Å². The number of para-hydroxylation sites is 1. The quantitative estimate of drug-likeness (QED) is 0.713. The summed E-state index contributed by atoms with van der Waals surface area (Å²) in [5, 5.41) is 4.13. The average Bonchev–Trinajstić information content (AvgIpc) is 3.45. The fourth-order valence-corrected chi connectivity index (χ4v) is 3.53. The third kappa shape index (κ3) is 3.19. The second-order valence-corrected chi connectivity index (χ2v) is 7.00. The summed E-state index contributed by atoms with van der Waals surface area (Å²) in [5.41, 5.74) is 2.72. The molecule has 1 fully saturated rings. The zero-order valence-electron chi connectivity index (χ0n) is 15.1. The monoisotopic (exact) mass is 349 g/mol. The number of amides is 1. The van der Waals surface area contributed by atoms with Crippen molar-refractivity contribution in [2.45, 2.75) is 32.2 Å². The van der Waals surface area contributed by atoms with E-state index in [1.54, 1.807) is 7.11 Å². The Kier molecular flexibility index (Phi) is 4.41. The van der Waals surface area contributed by atoms with Gasteiger partial charge in [-0.15, -0.1) is 0 Å². The molecule has 1 heterocycles. The standard InChI is InChI=1S/C22H23NO3/c1-14-17-9-6-10-19(25-2)21(17)26-20(14)22(24)23-18(16-11-12-16)13-15-7-4-3-5-8-15/h3-10,16,18H,11-13H2,1-2H3,(H,23,24). The lowest BCUT2D eigenvalue weighted by molar-refractivity contribution is 0.0905. The summed E-state index contributed by atoms with van der Waals surface area (Å²) in [7, 11) is 1.61. The van der Waals surface area contributed by atoms with Crippen molar-refractivity contribution < 1.29 is 13.9 Å². The average molecular weight is 349 g/mol. The van der Waals surface area contributed by atoms with Gasteiger partial charge in [0, 0.05) is 17.0 Å². The molecular weight excluding hydrogens is 326 g/mol. The highest BCUT2D eigenvalue weighted by Gasteiger charge is 2.33. The molecule has 4 heteroatoms. The van der Waals surface area contributed by atoms with Crippen molar-refractivity contribution in [3.8, 4) is 5.75 Å². The van der Waals surface area contributed by atoms with E-state index in [0.717, 1.165) is 17.4 Å². The Morgan fingerprint density at radius 2 is 1.96 bits per heavy atom. The van der Waals surface area contributed by atoms with Crippen LogP contribution in [0.2, 0.25) is 0 Å². The Balaban J connectivity index is 1.58. The van der Waals surface area contributed by atoms with Gasteiger partial charge in [0.25, 0.3) is 5.91 Å². The molecule has 4 nitrogen and oxygen atoms in total. The van der Waals surface area contributed by atoms with Gasteiger partial charge in [0.15, 0.2) is 17.1 Å². The number of carbonyl (C=O) groups is 1. The number of hydrogen-bond acceptors (Lipinski definition) is 3. The number of fused-ring (bicyclic) bond motifs is 1. The second-order valence-electron chi connectivity index (χ2n) is 7.00. The van der Waals surface area contributed by atoms with Crippen molar-refractivity contribution in [2.24, 2.45) is 5.92 Å². The van der Waals surface area contributed by atoms with Crippen LogP contribution in [0.3, 0.4) is 0 Å². The predicted molar refractivity (Wildman–Crippen MR) is 102 cm³/mol. The summed E-state index contributed by atoms with van der Waals surface area (Å²) in [6.45, 7) is 1.92. The summed E-state index contributed by atoms with van der Waals surface area (Å²) in [6, 6.07) is 16.2. The van der Waals surface area contributed by atoms with Crippen LogP contribution in [0.15, 0.2) is 52.9 Å². The zero-order chi connectivity index (χ0) is 18.1. The molecule has 0 spiro atoms. The normalized spacial score (nSPS) is 15.0. The predicted octanol–water partition coefficient (Wildman–Crippen LogP) is 4.50. The van der Waals surface area contributed by atoms with E-state index >= 15 is 0 Å². The number of nitrogens with one attached hydrogen (secondary N) is 1. The van der Waals surface area contributed by atoms with Crippen molar-refractivity contribution in [1.82, 2.24) is 5.32 Å². The van der Waals surface area contributed by atoms with E-state index < -0.39 is 0 Å². The number of benzene rings is 2. The number of methoxy groups -OCH3 is 1. The molecule has 1 aliphatic carbocycles. The molecule has 3 aromatic rings. The molecule has 0 bridgehead atoms. The topological polar surface area (TPSA) is 51.5 Å². The van der Waals surface area contributed by atoms with Gasteiger partial charge in [0.05, 0.1) is 7.11 Å². The molecule has 26 heavy (non-hydrogen) atoms. The van der Waals surface area contributed by atoms with E-state index in [2.05, 4.69) is 17.4 Å². The van der Waals surface area contributed by atoms with Gasteiger partial charge in [0.2, 0.25) is 0 Å². The molecule has 0 saturated heterocycles. The molecule has 1 unspecified atom stereocenters. The lowest BCUT2D eigenvalue weighted by Gasteiger charge is -2.18. The fraction of sp³-hybridized carbons (Fsp3) is 0.318. The van der Waals surface area contributed by atoms with Crippen LogP contribution in [0.1, 0.15) is 34.5 Å². The summed E-state index contributed by atoms with van der Waals surface area (Å²) < 4.78 is 11.3. The van der Waals surface area contributed by atoms with Gasteiger partial charge in [-0.3, -0.25) is 4.79 Å². The van der Waals surface area contributed by atoms with Gasteiger partial charge >= 0.3 is 0 Å². The largest absolute Gasteiger partial charge is 0.493 e. The van der Waals surface area contributed by atoms with Gasteiger partial charge in [-0.1, -0.05) is 42.5 Å². The minimum absolute atomic E-state index is 0.138. The van der Waals surface area contributed by atoms with Crippen LogP contribution in [-0.4, -0.2) is 19.1 Å². The number of furan rings is 1. The first kappa shape index (κ1) is 16.7. The van der Waals surface area contributed by atoms with Gasteiger partial charge in [-0.2, -0.15) is 0 Å². The molecule has 1 amide bonds. The molecule has 0 aliphatic heterocycles. The van der Waals surface area contributed by atoms with E-state index in [9.17, 15) is 4.79 Å². The highest BCUT2D eigenvalue weighted by Crippen LogP contribution is 2.35. The highest BCUT2D eigenvalue weighted by molar-refractivity contribution is 6.00. The van der Waals surface area contributed by atoms with Crippen molar-refractivity contribution >= 4 is 16.9 Å². The molecule has 2 aromatic carbocycles. The van der Waals surface area contributed by atoms with Gasteiger partial charge in [-0.05, 0) is 43.7 Å². The molecule has 1 aromatic heterocycles. The van der Waals surface area contributed by atoms with Crippen molar-refractivity contribution in [3.05, 3.63) is 65.4 Å². The molecule has 1 N–H and O–H groups in total. The first-order chi connectivity index (χ1) is 12.7. The van der Waals surface area contributed by atoms with E-state index in [4.69, 9.17) is 9.15 Å². The van der Waals surface area contributed by atoms with Crippen LogP contribution < -0.4 is 10.1 Å².